The summed E-state index contributed by atoms with van der Waals surface area (Å²) < 4.78 is 7.10. The first-order valence-electron chi connectivity index (χ1n) is 8.80. The number of thiophene rings is 1. The molecule has 8 nitrogen and oxygen atoms in total. The fourth-order valence-corrected chi connectivity index (χ4v) is 4.13. The number of carbonyl (C=O) groups excluding carboxylic acids is 3. The van der Waals surface area contributed by atoms with Gasteiger partial charge in [0, 0.05) is 18.5 Å². The molecule has 0 radical (unpaired) electrons. The Hall–Kier alpha value is -3.20. The standard InChI is InChI=1S/C19H18N4O4S/c1-11-14-10-15(28-17(14)23(21-11)13-6-4-3-5-7-13)18(25)27-12(2)16(24)22-9-8-20-19(22)26/h3-7,10,12H,8-9H2,1-2H3,(H,20,26). The molecule has 28 heavy (non-hydrogen) atoms. The maximum Gasteiger partial charge on any atom is 0.349 e. The summed E-state index contributed by atoms with van der Waals surface area (Å²) in [6, 6.07) is 10.9. The number of amides is 3. The molecule has 3 heterocycles. The molecule has 3 amide bonds. The molecule has 0 bridgehead atoms. The number of para-hydroxylation sites is 1. The summed E-state index contributed by atoms with van der Waals surface area (Å²) in [7, 11) is 0. The molecule has 0 aliphatic carbocycles. The van der Waals surface area contributed by atoms with Crippen molar-refractivity contribution in [3.05, 3.63) is 47.0 Å². The number of hydrogen-bond acceptors (Lipinski definition) is 6. The van der Waals surface area contributed by atoms with Crippen LogP contribution in [-0.2, 0) is 9.53 Å². The van der Waals surface area contributed by atoms with Gasteiger partial charge in [0.05, 0.1) is 11.4 Å². The summed E-state index contributed by atoms with van der Waals surface area (Å²) in [6.07, 6.45) is -1.05. The van der Waals surface area contributed by atoms with Gasteiger partial charge in [0.2, 0.25) is 0 Å². The van der Waals surface area contributed by atoms with E-state index in [1.807, 2.05) is 37.3 Å². The minimum absolute atomic E-state index is 0.272. The Morgan fingerprint density at radius 2 is 2.04 bits per heavy atom. The van der Waals surface area contributed by atoms with Crippen LogP contribution in [0.5, 0.6) is 0 Å². The van der Waals surface area contributed by atoms with Gasteiger partial charge in [-0.1, -0.05) is 18.2 Å². The number of esters is 1. The third kappa shape index (κ3) is 3.13. The summed E-state index contributed by atoms with van der Waals surface area (Å²) >= 11 is 1.26. The van der Waals surface area contributed by atoms with Crippen molar-refractivity contribution < 1.29 is 19.1 Å². The van der Waals surface area contributed by atoms with Gasteiger partial charge in [-0.15, -0.1) is 11.3 Å². The van der Waals surface area contributed by atoms with Gasteiger partial charge in [0.15, 0.2) is 6.10 Å². The Labute approximate surface area is 164 Å². The number of urea groups is 1. The molecule has 0 saturated carbocycles. The Kier molecular flexibility index (Phi) is 4.60. The van der Waals surface area contributed by atoms with Crippen LogP contribution in [0.2, 0.25) is 0 Å². The second kappa shape index (κ2) is 7.08. The predicted molar refractivity (Wildman–Crippen MR) is 104 cm³/mol. The Balaban J connectivity index is 1.56. The number of benzene rings is 1. The van der Waals surface area contributed by atoms with Gasteiger partial charge in [-0.05, 0) is 32.0 Å². The number of imide groups is 1. The van der Waals surface area contributed by atoms with Gasteiger partial charge >= 0.3 is 12.0 Å². The predicted octanol–water partition coefficient (Wildman–Crippen LogP) is 2.49. The van der Waals surface area contributed by atoms with Crippen LogP contribution in [0.25, 0.3) is 15.9 Å². The van der Waals surface area contributed by atoms with Crippen molar-refractivity contribution in [3.63, 3.8) is 0 Å². The SMILES string of the molecule is Cc1nn(-c2ccccc2)c2sc(C(=O)OC(C)C(=O)N3CCNC3=O)cc12. The number of fused-ring (bicyclic) bond motifs is 1. The van der Waals surface area contributed by atoms with Gasteiger partial charge < -0.3 is 10.1 Å². The van der Waals surface area contributed by atoms with E-state index < -0.39 is 24.0 Å². The second-order valence-corrected chi connectivity index (χ2v) is 7.46. The summed E-state index contributed by atoms with van der Waals surface area (Å²) in [5, 5.41) is 7.95. The fraction of sp³-hybridized carbons (Fsp3) is 0.263. The van der Waals surface area contributed by atoms with E-state index in [9.17, 15) is 14.4 Å². The second-order valence-electron chi connectivity index (χ2n) is 6.43. The third-order valence-electron chi connectivity index (χ3n) is 4.50. The van der Waals surface area contributed by atoms with E-state index in [-0.39, 0.29) is 6.54 Å². The van der Waals surface area contributed by atoms with Gasteiger partial charge in [-0.2, -0.15) is 5.10 Å². The van der Waals surface area contributed by atoms with Crippen LogP contribution in [0, 0.1) is 6.92 Å². The molecule has 1 N–H and O–H groups in total. The van der Waals surface area contributed by atoms with Crippen LogP contribution in [0.4, 0.5) is 4.79 Å². The lowest BCUT2D eigenvalue weighted by Gasteiger charge is -2.17. The lowest BCUT2D eigenvalue weighted by molar-refractivity contribution is -0.135. The minimum atomic E-state index is -1.05. The van der Waals surface area contributed by atoms with E-state index in [0.717, 1.165) is 26.5 Å². The zero-order valence-electron chi connectivity index (χ0n) is 15.3. The van der Waals surface area contributed by atoms with Crippen LogP contribution in [0.3, 0.4) is 0 Å². The number of nitrogens with one attached hydrogen (secondary N) is 1. The highest BCUT2D eigenvalue weighted by atomic mass is 32.1. The van der Waals surface area contributed by atoms with E-state index in [1.54, 1.807) is 10.7 Å². The molecule has 1 aliphatic rings. The molecule has 3 aromatic rings. The first-order chi connectivity index (χ1) is 13.5. The average Bonchev–Trinajstić information content (AvgIpc) is 3.38. The quantitative estimate of drug-likeness (QED) is 0.682. The number of ether oxygens (including phenoxy) is 1. The molecule has 1 saturated heterocycles. The number of hydrogen-bond donors (Lipinski definition) is 1. The molecule has 144 valence electrons. The summed E-state index contributed by atoms with van der Waals surface area (Å²) in [5.74, 6) is -1.13. The van der Waals surface area contributed by atoms with Gasteiger partial charge in [-0.3, -0.25) is 9.69 Å². The fourth-order valence-electron chi connectivity index (χ4n) is 3.06. The van der Waals surface area contributed by atoms with Crippen LogP contribution < -0.4 is 5.32 Å². The zero-order valence-corrected chi connectivity index (χ0v) is 16.2. The van der Waals surface area contributed by atoms with E-state index in [1.165, 1.54) is 18.3 Å². The highest BCUT2D eigenvalue weighted by Gasteiger charge is 2.32. The van der Waals surface area contributed by atoms with Crippen molar-refractivity contribution >= 4 is 39.5 Å². The van der Waals surface area contributed by atoms with Crippen molar-refractivity contribution in [1.82, 2.24) is 20.0 Å². The maximum absolute atomic E-state index is 12.6. The number of carbonyl (C=O) groups is 3. The lowest BCUT2D eigenvalue weighted by atomic mass is 10.3. The Morgan fingerprint density at radius 3 is 2.71 bits per heavy atom. The molecular formula is C19H18N4O4S. The largest absolute Gasteiger partial charge is 0.448 e. The van der Waals surface area contributed by atoms with Gasteiger partial charge in [0.1, 0.15) is 9.71 Å². The van der Waals surface area contributed by atoms with Crippen LogP contribution in [0.15, 0.2) is 36.4 Å². The third-order valence-corrected chi connectivity index (χ3v) is 5.59. The Morgan fingerprint density at radius 1 is 1.29 bits per heavy atom. The molecule has 4 rings (SSSR count). The van der Waals surface area contributed by atoms with Crippen LogP contribution >= 0.6 is 11.3 Å². The van der Waals surface area contributed by atoms with E-state index >= 15 is 0 Å². The minimum Gasteiger partial charge on any atom is -0.448 e. The van der Waals surface area contributed by atoms with E-state index in [0.29, 0.717) is 11.4 Å². The smallest absolute Gasteiger partial charge is 0.349 e. The summed E-state index contributed by atoms with van der Waals surface area (Å²) in [6.45, 7) is 4.02. The van der Waals surface area contributed by atoms with Gasteiger partial charge in [0.25, 0.3) is 5.91 Å². The molecular weight excluding hydrogens is 380 g/mol. The molecule has 2 aromatic heterocycles. The number of aryl methyl sites for hydroxylation is 1. The molecule has 1 atom stereocenters. The first kappa shape index (κ1) is 18.2. The zero-order chi connectivity index (χ0) is 19.8. The lowest BCUT2D eigenvalue weighted by Crippen LogP contribution is -2.41. The number of aromatic nitrogens is 2. The maximum atomic E-state index is 12.6. The molecule has 1 fully saturated rings. The summed E-state index contributed by atoms with van der Waals surface area (Å²) in [5.41, 5.74) is 1.69. The van der Waals surface area contributed by atoms with Gasteiger partial charge in [-0.25, -0.2) is 14.3 Å². The van der Waals surface area contributed by atoms with E-state index in [2.05, 4.69) is 10.4 Å². The van der Waals surface area contributed by atoms with Crippen molar-refractivity contribution in [3.8, 4) is 5.69 Å². The topological polar surface area (TPSA) is 93.5 Å². The van der Waals surface area contributed by atoms with Crippen LogP contribution in [0.1, 0.15) is 22.3 Å². The van der Waals surface area contributed by atoms with Crippen LogP contribution in [-0.4, -0.2) is 51.8 Å². The van der Waals surface area contributed by atoms with Crippen molar-refractivity contribution in [2.75, 3.05) is 13.1 Å². The molecule has 9 heteroatoms. The first-order valence-corrected chi connectivity index (χ1v) is 9.62. The number of rotatable bonds is 4. The molecule has 1 aromatic carbocycles. The highest BCUT2D eigenvalue weighted by molar-refractivity contribution is 7.20. The Bertz CT molecular complexity index is 1070. The normalized spacial score (nSPS) is 14.9. The average molecular weight is 398 g/mol. The van der Waals surface area contributed by atoms with Crippen molar-refractivity contribution in [2.24, 2.45) is 0 Å². The molecule has 1 unspecified atom stereocenters. The molecule has 0 spiro atoms. The highest BCUT2D eigenvalue weighted by Crippen LogP contribution is 2.31. The van der Waals surface area contributed by atoms with E-state index in [4.69, 9.17) is 4.74 Å². The monoisotopic (exact) mass is 398 g/mol. The van der Waals surface area contributed by atoms with Crippen molar-refractivity contribution in [1.29, 1.82) is 0 Å². The number of nitrogens with zero attached hydrogens (tertiary/aromatic N) is 3. The summed E-state index contributed by atoms with van der Waals surface area (Å²) in [4.78, 5) is 38.8. The molecule has 1 aliphatic heterocycles. The van der Waals surface area contributed by atoms with Crippen molar-refractivity contribution in [2.45, 2.75) is 20.0 Å².